The number of hydrogen-bond acceptors (Lipinski definition) is 4. The van der Waals surface area contributed by atoms with Crippen molar-refractivity contribution in [3.8, 4) is 17.2 Å². The van der Waals surface area contributed by atoms with Gasteiger partial charge in [-0.05, 0) is 42.2 Å². The summed E-state index contributed by atoms with van der Waals surface area (Å²) in [5.74, 6) is 2.07. The Morgan fingerprint density at radius 2 is 1.77 bits per heavy atom. The van der Waals surface area contributed by atoms with Crippen LogP contribution < -0.4 is 20.3 Å². The Morgan fingerprint density at radius 3 is 2.45 bits per heavy atom. The van der Waals surface area contributed by atoms with Crippen LogP contribution in [0, 0.1) is 0 Å². The van der Waals surface area contributed by atoms with Crippen LogP contribution in [0.3, 0.4) is 0 Å². The molecule has 0 aliphatic heterocycles. The van der Waals surface area contributed by atoms with E-state index in [1.54, 1.807) is 20.3 Å². The average Bonchev–Trinajstić information content (AvgIpc) is 2.53. The first-order chi connectivity index (χ1) is 10.7. The van der Waals surface area contributed by atoms with Crippen LogP contribution in [0.4, 0.5) is 0 Å². The van der Waals surface area contributed by atoms with E-state index in [9.17, 15) is 5.11 Å². The smallest absolute Gasteiger partial charge is 0.144 e. The van der Waals surface area contributed by atoms with Crippen LogP contribution in [0.5, 0.6) is 17.2 Å². The lowest BCUT2D eigenvalue weighted by atomic mass is 9.92. The van der Waals surface area contributed by atoms with E-state index in [0.717, 1.165) is 41.1 Å². The minimum atomic E-state index is 0.324. The summed E-state index contributed by atoms with van der Waals surface area (Å²) in [6.07, 6.45) is 0.827. The summed E-state index contributed by atoms with van der Waals surface area (Å²) in [5, 5.41) is 13.1. The summed E-state index contributed by atoms with van der Waals surface area (Å²) < 4.78 is 10.8. The maximum atomic E-state index is 9.73. The van der Waals surface area contributed by atoms with E-state index in [0.29, 0.717) is 12.3 Å². The molecule has 4 nitrogen and oxygen atoms in total. The molecule has 0 atom stereocenters. The van der Waals surface area contributed by atoms with Crippen LogP contribution in [-0.4, -0.2) is 33.7 Å². The molecule has 0 aromatic heterocycles. The fraction of sp³-hybridized carbons (Fsp3) is 0.294. The third-order valence-corrected chi connectivity index (χ3v) is 3.68. The lowest BCUT2D eigenvalue weighted by molar-refractivity contribution is 0.400. The zero-order valence-electron chi connectivity index (χ0n) is 13.3. The van der Waals surface area contributed by atoms with Gasteiger partial charge in [0.25, 0.3) is 0 Å². The Balaban J connectivity index is 1.95. The van der Waals surface area contributed by atoms with Crippen LogP contribution in [0.15, 0.2) is 36.4 Å². The molecule has 2 aromatic rings. The standard InChI is InChI=1S/C17H22BNO3/c1-21-16-10-14(18)17(22-2)9-12(16)7-8-19-11-13-5-3-4-6-15(13)20/h3-6,9-10,19-20H,7-8,11,18H2,1-2H3. The van der Waals surface area contributed by atoms with E-state index in [-0.39, 0.29) is 0 Å². The normalized spacial score (nSPS) is 10.5. The number of methoxy groups -OCH3 is 2. The van der Waals surface area contributed by atoms with Gasteiger partial charge in [0.05, 0.1) is 14.2 Å². The molecule has 0 heterocycles. The lowest BCUT2D eigenvalue weighted by Gasteiger charge is -2.13. The van der Waals surface area contributed by atoms with Gasteiger partial charge in [0, 0.05) is 12.1 Å². The predicted molar refractivity (Wildman–Crippen MR) is 91.2 cm³/mol. The third kappa shape index (κ3) is 3.95. The molecule has 0 saturated heterocycles. The topological polar surface area (TPSA) is 50.7 Å². The van der Waals surface area contributed by atoms with Crippen LogP contribution in [-0.2, 0) is 13.0 Å². The van der Waals surface area contributed by atoms with Crippen molar-refractivity contribution in [2.45, 2.75) is 13.0 Å². The molecule has 0 aliphatic carbocycles. The van der Waals surface area contributed by atoms with Crippen molar-refractivity contribution in [1.29, 1.82) is 0 Å². The predicted octanol–water partition coefficient (Wildman–Crippen LogP) is 1.00. The molecule has 0 spiro atoms. The number of rotatable bonds is 7. The summed E-state index contributed by atoms with van der Waals surface area (Å²) in [5.41, 5.74) is 3.07. The first-order valence-electron chi connectivity index (χ1n) is 7.34. The second-order valence-corrected chi connectivity index (χ2v) is 5.19. The van der Waals surface area contributed by atoms with E-state index in [4.69, 9.17) is 9.47 Å². The molecule has 2 aromatic carbocycles. The number of hydrogen-bond donors (Lipinski definition) is 2. The molecule has 5 heteroatoms. The Bertz CT molecular complexity index is 631. The highest BCUT2D eigenvalue weighted by Crippen LogP contribution is 2.22. The van der Waals surface area contributed by atoms with Gasteiger partial charge in [0.2, 0.25) is 0 Å². The van der Waals surface area contributed by atoms with Crippen molar-refractivity contribution in [1.82, 2.24) is 5.32 Å². The van der Waals surface area contributed by atoms with Gasteiger partial charge in [-0.15, -0.1) is 0 Å². The highest BCUT2D eigenvalue weighted by molar-refractivity contribution is 6.34. The summed E-state index contributed by atoms with van der Waals surface area (Å²) in [7, 11) is 5.36. The first kappa shape index (κ1) is 16.2. The number of nitrogens with one attached hydrogen (secondary N) is 1. The summed E-state index contributed by atoms with van der Waals surface area (Å²) >= 11 is 0. The zero-order chi connectivity index (χ0) is 15.9. The quantitative estimate of drug-likeness (QED) is 0.591. The molecule has 2 rings (SSSR count). The van der Waals surface area contributed by atoms with Crippen LogP contribution in [0.2, 0.25) is 0 Å². The monoisotopic (exact) mass is 299 g/mol. The van der Waals surface area contributed by atoms with Crippen LogP contribution >= 0.6 is 0 Å². The molecule has 0 radical (unpaired) electrons. The number of phenols is 1. The fourth-order valence-corrected chi connectivity index (χ4v) is 2.42. The molecular weight excluding hydrogens is 277 g/mol. The van der Waals surface area contributed by atoms with Crippen molar-refractivity contribution in [2.24, 2.45) is 0 Å². The highest BCUT2D eigenvalue weighted by atomic mass is 16.5. The second-order valence-electron chi connectivity index (χ2n) is 5.19. The Morgan fingerprint density at radius 1 is 1.05 bits per heavy atom. The Kier molecular flexibility index (Phi) is 5.72. The molecule has 0 bridgehead atoms. The summed E-state index contributed by atoms with van der Waals surface area (Å²) in [6.45, 7) is 1.43. The average molecular weight is 299 g/mol. The van der Waals surface area contributed by atoms with Gasteiger partial charge >= 0.3 is 0 Å². The molecule has 0 unspecified atom stereocenters. The van der Waals surface area contributed by atoms with Gasteiger partial charge in [0.15, 0.2) is 0 Å². The van der Waals surface area contributed by atoms with E-state index in [2.05, 4.69) is 5.32 Å². The number of aromatic hydroxyl groups is 1. The minimum Gasteiger partial charge on any atom is -0.508 e. The molecule has 0 aliphatic rings. The van der Waals surface area contributed by atoms with Gasteiger partial charge in [-0.25, -0.2) is 0 Å². The number of phenolic OH excluding ortho intramolecular Hbond substituents is 1. The van der Waals surface area contributed by atoms with Crippen LogP contribution in [0.1, 0.15) is 11.1 Å². The van der Waals surface area contributed by atoms with Crippen molar-refractivity contribution < 1.29 is 14.6 Å². The van der Waals surface area contributed by atoms with Crippen molar-refractivity contribution in [3.63, 3.8) is 0 Å². The van der Waals surface area contributed by atoms with Crippen LogP contribution in [0.25, 0.3) is 0 Å². The lowest BCUT2D eigenvalue weighted by Crippen LogP contribution is -2.18. The van der Waals surface area contributed by atoms with Gasteiger partial charge < -0.3 is 19.9 Å². The number of ether oxygens (including phenoxy) is 2. The van der Waals surface area contributed by atoms with Crippen molar-refractivity contribution in [2.75, 3.05) is 20.8 Å². The fourth-order valence-electron chi connectivity index (χ4n) is 2.42. The second kappa shape index (κ2) is 7.75. The van der Waals surface area contributed by atoms with E-state index in [1.807, 2.05) is 38.2 Å². The number of para-hydroxylation sites is 1. The van der Waals surface area contributed by atoms with Gasteiger partial charge in [0.1, 0.15) is 25.1 Å². The third-order valence-electron chi connectivity index (χ3n) is 3.68. The molecule has 0 fully saturated rings. The van der Waals surface area contributed by atoms with Gasteiger partial charge in [-0.1, -0.05) is 18.2 Å². The maximum absolute atomic E-state index is 9.73. The van der Waals surface area contributed by atoms with Gasteiger partial charge in [-0.3, -0.25) is 0 Å². The molecular formula is C17H22BNO3. The molecule has 2 N–H and O–H groups in total. The largest absolute Gasteiger partial charge is 0.508 e. The SMILES string of the molecule is Bc1cc(OC)c(CCNCc2ccccc2O)cc1OC. The summed E-state index contributed by atoms with van der Waals surface area (Å²) in [6, 6.07) is 11.4. The van der Waals surface area contributed by atoms with Crippen molar-refractivity contribution >= 4 is 13.3 Å². The molecule has 116 valence electrons. The zero-order valence-corrected chi connectivity index (χ0v) is 13.3. The van der Waals surface area contributed by atoms with Crippen molar-refractivity contribution in [3.05, 3.63) is 47.5 Å². The number of benzene rings is 2. The molecule has 0 saturated carbocycles. The maximum Gasteiger partial charge on any atom is 0.144 e. The Labute approximate surface area is 132 Å². The van der Waals surface area contributed by atoms with E-state index < -0.39 is 0 Å². The minimum absolute atomic E-state index is 0.324. The van der Waals surface area contributed by atoms with Gasteiger partial charge in [-0.2, -0.15) is 0 Å². The first-order valence-corrected chi connectivity index (χ1v) is 7.34. The van der Waals surface area contributed by atoms with E-state index >= 15 is 0 Å². The summed E-state index contributed by atoms with van der Waals surface area (Å²) in [4.78, 5) is 0. The molecule has 0 amide bonds. The molecule has 22 heavy (non-hydrogen) atoms. The van der Waals surface area contributed by atoms with E-state index in [1.165, 1.54) is 0 Å². The highest BCUT2D eigenvalue weighted by Gasteiger charge is 2.08. The Hall–Kier alpha value is -2.14.